The van der Waals surface area contributed by atoms with Crippen LogP contribution in [0.25, 0.3) is 0 Å². The number of hydrogen-bond donors (Lipinski definition) is 2. The first-order valence-electron chi connectivity index (χ1n) is 5.87. The summed E-state index contributed by atoms with van der Waals surface area (Å²) in [5.74, 6) is -5.00. The standard InChI is InChI=1S/C13H18O6/c1-12(2,3)19-11(15)13(16,17)10(14)7-6-9-5-4-8-18-9/h4-5,8,16-17H,6-7H2,1-3H3. The van der Waals surface area contributed by atoms with Gasteiger partial charge in [0.25, 0.3) is 0 Å². The summed E-state index contributed by atoms with van der Waals surface area (Å²) in [4.78, 5) is 23.2. The molecule has 1 heterocycles. The van der Waals surface area contributed by atoms with Gasteiger partial charge in [-0.25, -0.2) is 4.79 Å². The number of carbonyl (C=O) groups is 2. The zero-order chi connectivity index (χ0) is 14.7. The van der Waals surface area contributed by atoms with Crippen molar-refractivity contribution in [2.75, 3.05) is 0 Å². The molecular weight excluding hydrogens is 252 g/mol. The Morgan fingerprint density at radius 2 is 1.95 bits per heavy atom. The van der Waals surface area contributed by atoms with Crippen molar-refractivity contribution in [3.8, 4) is 0 Å². The molecule has 6 heteroatoms. The van der Waals surface area contributed by atoms with Gasteiger partial charge in [0.2, 0.25) is 5.78 Å². The first kappa shape index (κ1) is 15.4. The fraction of sp³-hybridized carbons (Fsp3) is 0.538. The topological polar surface area (TPSA) is 97.0 Å². The van der Waals surface area contributed by atoms with E-state index in [0.717, 1.165) is 0 Å². The van der Waals surface area contributed by atoms with Crippen LogP contribution in [0.4, 0.5) is 0 Å². The van der Waals surface area contributed by atoms with Gasteiger partial charge in [-0.2, -0.15) is 0 Å². The predicted molar refractivity (Wildman–Crippen MR) is 65.0 cm³/mol. The summed E-state index contributed by atoms with van der Waals surface area (Å²) in [7, 11) is 0. The van der Waals surface area contributed by atoms with Gasteiger partial charge in [-0.15, -0.1) is 0 Å². The van der Waals surface area contributed by atoms with Crippen LogP contribution in [0.3, 0.4) is 0 Å². The van der Waals surface area contributed by atoms with Gasteiger partial charge in [0.1, 0.15) is 11.4 Å². The van der Waals surface area contributed by atoms with Crippen LogP contribution in [0.2, 0.25) is 0 Å². The lowest BCUT2D eigenvalue weighted by Gasteiger charge is -2.25. The minimum atomic E-state index is -3.13. The number of hydrogen-bond acceptors (Lipinski definition) is 6. The summed E-state index contributed by atoms with van der Waals surface area (Å²) in [6.45, 7) is 4.69. The first-order valence-corrected chi connectivity index (χ1v) is 5.87. The lowest BCUT2D eigenvalue weighted by molar-refractivity contribution is -0.216. The van der Waals surface area contributed by atoms with Gasteiger partial charge in [-0.3, -0.25) is 4.79 Å². The maximum Gasteiger partial charge on any atom is 0.375 e. The Hall–Kier alpha value is -1.66. The molecule has 0 atom stereocenters. The Morgan fingerprint density at radius 1 is 1.32 bits per heavy atom. The summed E-state index contributed by atoms with van der Waals surface area (Å²) in [5, 5.41) is 19.1. The SMILES string of the molecule is CC(C)(C)OC(=O)C(O)(O)C(=O)CCc1ccco1. The zero-order valence-corrected chi connectivity index (χ0v) is 11.2. The summed E-state index contributed by atoms with van der Waals surface area (Å²) in [6, 6.07) is 3.30. The number of Topliss-reactive ketones (excluding diaryl/α,β-unsaturated/α-hetero) is 1. The Kier molecular flexibility index (Phi) is 4.49. The van der Waals surface area contributed by atoms with Crippen molar-refractivity contribution in [3.05, 3.63) is 24.2 Å². The van der Waals surface area contributed by atoms with Crippen molar-refractivity contribution in [2.24, 2.45) is 0 Å². The molecule has 0 aliphatic rings. The molecule has 0 aliphatic carbocycles. The Morgan fingerprint density at radius 3 is 2.42 bits per heavy atom. The summed E-state index contributed by atoms with van der Waals surface area (Å²) in [6.07, 6.45) is 1.38. The molecule has 1 aromatic rings. The molecule has 0 amide bonds. The van der Waals surface area contributed by atoms with Crippen molar-refractivity contribution < 1.29 is 29.0 Å². The third kappa shape index (κ3) is 4.50. The zero-order valence-electron chi connectivity index (χ0n) is 11.2. The average Bonchev–Trinajstić information content (AvgIpc) is 2.76. The van der Waals surface area contributed by atoms with Gasteiger partial charge in [-0.05, 0) is 32.9 Å². The molecule has 0 fully saturated rings. The van der Waals surface area contributed by atoms with Crippen LogP contribution in [0.5, 0.6) is 0 Å². The Labute approximate surface area is 111 Å². The number of aliphatic hydroxyl groups is 2. The highest BCUT2D eigenvalue weighted by atomic mass is 16.6. The Bertz CT molecular complexity index is 438. The fourth-order valence-corrected chi connectivity index (χ4v) is 1.33. The van der Waals surface area contributed by atoms with Crippen molar-refractivity contribution in [1.82, 2.24) is 0 Å². The van der Waals surface area contributed by atoms with E-state index in [1.807, 2.05) is 0 Å². The van der Waals surface area contributed by atoms with E-state index >= 15 is 0 Å². The summed E-state index contributed by atoms with van der Waals surface area (Å²) >= 11 is 0. The van der Waals surface area contributed by atoms with Gasteiger partial charge in [0.05, 0.1) is 6.26 Å². The lowest BCUT2D eigenvalue weighted by Crippen LogP contribution is -2.49. The molecule has 106 valence electrons. The highest BCUT2D eigenvalue weighted by molar-refractivity contribution is 6.04. The number of ketones is 1. The second kappa shape index (κ2) is 5.54. The van der Waals surface area contributed by atoms with Gasteiger partial charge in [0.15, 0.2) is 0 Å². The summed E-state index contributed by atoms with van der Waals surface area (Å²) < 4.78 is 9.78. The lowest BCUT2D eigenvalue weighted by atomic mass is 10.1. The molecule has 0 spiro atoms. The third-order valence-corrected chi connectivity index (χ3v) is 2.25. The van der Waals surface area contributed by atoms with Crippen LogP contribution >= 0.6 is 0 Å². The second-order valence-corrected chi connectivity index (χ2v) is 5.18. The second-order valence-electron chi connectivity index (χ2n) is 5.18. The predicted octanol–water partition coefficient (Wildman–Crippen LogP) is 0.804. The molecule has 0 aliphatic heterocycles. The van der Waals surface area contributed by atoms with Crippen molar-refractivity contribution >= 4 is 11.8 Å². The average molecular weight is 270 g/mol. The number of esters is 1. The fourth-order valence-electron chi connectivity index (χ4n) is 1.33. The first-order chi connectivity index (χ1) is 8.63. The highest BCUT2D eigenvalue weighted by Crippen LogP contribution is 2.16. The van der Waals surface area contributed by atoms with Crippen LogP contribution in [0.1, 0.15) is 33.0 Å². The molecule has 1 rings (SSSR count). The minimum Gasteiger partial charge on any atom is -0.469 e. The number of rotatable bonds is 5. The molecule has 0 aromatic carbocycles. The minimum absolute atomic E-state index is 0.178. The van der Waals surface area contributed by atoms with Gasteiger partial charge in [0, 0.05) is 12.8 Å². The van der Waals surface area contributed by atoms with E-state index in [2.05, 4.69) is 0 Å². The number of aryl methyl sites for hydroxylation is 1. The van der Waals surface area contributed by atoms with E-state index in [9.17, 15) is 19.8 Å². The van der Waals surface area contributed by atoms with Crippen LogP contribution in [0.15, 0.2) is 22.8 Å². The molecule has 1 aromatic heterocycles. The van der Waals surface area contributed by atoms with Gasteiger partial charge in [-0.1, -0.05) is 0 Å². The van der Waals surface area contributed by atoms with Crippen LogP contribution < -0.4 is 0 Å². The van der Waals surface area contributed by atoms with Crippen molar-refractivity contribution in [2.45, 2.75) is 45.0 Å². The maximum absolute atomic E-state index is 11.6. The van der Waals surface area contributed by atoms with Crippen LogP contribution in [0, 0.1) is 0 Å². The monoisotopic (exact) mass is 270 g/mol. The van der Waals surface area contributed by atoms with E-state index in [1.54, 1.807) is 32.9 Å². The molecule has 0 unspecified atom stereocenters. The molecule has 0 radical (unpaired) electrons. The molecule has 0 saturated heterocycles. The maximum atomic E-state index is 11.6. The summed E-state index contributed by atoms with van der Waals surface area (Å²) in [5.41, 5.74) is -0.908. The van der Waals surface area contributed by atoms with Crippen LogP contribution in [-0.2, 0) is 20.7 Å². The number of carbonyl (C=O) groups excluding carboxylic acids is 2. The van der Waals surface area contributed by atoms with Crippen molar-refractivity contribution in [1.29, 1.82) is 0 Å². The number of furan rings is 1. The highest BCUT2D eigenvalue weighted by Gasteiger charge is 2.44. The normalized spacial score (nSPS) is 12.3. The smallest absolute Gasteiger partial charge is 0.375 e. The third-order valence-electron chi connectivity index (χ3n) is 2.25. The van der Waals surface area contributed by atoms with Crippen LogP contribution in [-0.4, -0.2) is 33.4 Å². The quantitative estimate of drug-likeness (QED) is 0.467. The molecule has 6 nitrogen and oxygen atoms in total. The van der Waals surface area contributed by atoms with E-state index in [1.165, 1.54) is 6.26 Å². The molecular formula is C13H18O6. The molecule has 19 heavy (non-hydrogen) atoms. The largest absolute Gasteiger partial charge is 0.469 e. The molecule has 2 N–H and O–H groups in total. The van der Waals surface area contributed by atoms with E-state index in [4.69, 9.17) is 9.15 Å². The van der Waals surface area contributed by atoms with Gasteiger partial charge >= 0.3 is 11.8 Å². The van der Waals surface area contributed by atoms with Gasteiger partial charge < -0.3 is 19.4 Å². The van der Waals surface area contributed by atoms with E-state index in [-0.39, 0.29) is 12.8 Å². The molecule has 0 bridgehead atoms. The van der Waals surface area contributed by atoms with E-state index < -0.39 is 23.1 Å². The Balaban J connectivity index is 2.60. The molecule has 0 saturated carbocycles. The number of ether oxygens (including phenoxy) is 1. The van der Waals surface area contributed by atoms with E-state index in [0.29, 0.717) is 5.76 Å². The van der Waals surface area contributed by atoms with Crippen molar-refractivity contribution in [3.63, 3.8) is 0 Å².